The molecule has 4 nitrogen and oxygen atoms in total. The Bertz CT molecular complexity index is 639. The highest BCUT2D eigenvalue weighted by Gasteiger charge is 2.16. The maximum absolute atomic E-state index is 12.1. The van der Waals surface area contributed by atoms with Crippen molar-refractivity contribution in [3.8, 4) is 5.75 Å². The van der Waals surface area contributed by atoms with Crippen LogP contribution in [0, 0.1) is 6.92 Å². The number of ether oxygens (including phenoxy) is 1. The van der Waals surface area contributed by atoms with E-state index in [1.54, 1.807) is 31.2 Å². The van der Waals surface area contributed by atoms with E-state index >= 15 is 0 Å². The molecule has 1 aromatic carbocycles. The fourth-order valence-electron chi connectivity index (χ4n) is 1.68. The van der Waals surface area contributed by atoms with E-state index in [9.17, 15) is 4.79 Å². The quantitative estimate of drug-likeness (QED) is 0.865. The van der Waals surface area contributed by atoms with Crippen molar-refractivity contribution in [3.63, 3.8) is 0 Å². The normalized spacial score (nSPS) is 10.4. The van der Waals surface area contributed by atoms with Crippen molar-refractivity contribution >= 4 is 39.1 Å². The summed E-state index contributed by atoms with van der Waals surface area (Å²) < 4.78 is 11.5. The van der Waals surface area contributed by atoms with Gasteiger partial charge in [-0.15, -0.1) is 0 Å². The van der Waals surface area contributed by atoms with Gasteiger partial charge in [-0.3, -0.25) is 4.79 Å². The molecule has 0 aliphatic rings. The van der Waals surface area contributed by atoms with Crippen LogP contribution >= 0.6 is 27.5 Å². The monoisotopic (exact) mass is 357 g/mol. The van der Waals surface area contributed by atoms with E-state index in [0.717, 1.165) is 0 Å². The highest BCUT2D eigenvalue weighted by atomic mass is 79.9. The first-order valence-electron chi connectivity index (χ1n) is 6.01. The van der Waals surface area contributed by atoms with Crippen LogP contribution in [0.3, 0.4) is 0 Å². The van der Waals surface area contributed by atoms with Gasteiger partial charge in [-0.1, -0.05) is 11.6 Å². The number of hydrogen-bond acceptors (Lipinski definition) is 3. The van der Waals surface area contributed by atoms with Gasteiger partial charge in [0.25, 0.3) is 5.91 Å². The van der Waals surface area contributed by atoms with Gasteiger partial charge in [0.2, 0.25) is 0 Å². The summed E-state index contributed by atoms with van der Waals surface area (Å²) in [6, 6.07) is 6.68. The van der Waals surface area contributed by atoms with Crippen molar-refractivity contribution in [2.24, 2.45) is 0 Å². The lowest BCUT2D eigenvalue weighted by Crippen LogP contribution is -2.12. The van der Waals surface area contributed by atoms with Crippen molar-refractivity contribution in [2.75, 3.05) is 11.9 Å². The molecule has 0 radical (unpaired) electrons. The molecule has 106 valence electrons. The minimum Gasteiger partial charge on any atom is -0.491 e. The first-order chi connectivity index (χ1) is 9.51. The number of anilines is 1. The number of carbonyl (C=O) groups excluding carboxylic acids is 1. The number of furan rings is 1. The van der Waals surface area contributed by atoms with Crippen LogP contribution in [0.25, 0.3) is 0 Å². The summed E-state index contributed by atoms with van der Waals surface area (Å²) in [5.74, 6) is 1.09. The van der Waals surface area contributed by atoms with Crippen LogP contribution in [0.15, 0.2) is 33.2 Å². The molecule has 0 aliphatic carbocycles. The van der Waals surface area contributed by atoms with Crippen molar-refractivity contribution < 1.29 is 13.9 Å². The minimum absolute atomic E-state index is 0.237. The number of hydrogen-bond donors (Lipinski definition) is 1. The van der Waals surface area contributed by atoms with Gasteiger partial charge in [0.15, 0.2) is 11.5 Å². The van der Waals surface area contributed by atoms with Crippen molar-refractivity contribution in [2.45, 2.75) is 13.8 Å². The van der Waals surface area contributed by atoms with E-state index in [0.29, 0.717) is 33.3 Å². The standard InChI is InChI=1S/C14H13BrClNO3/c1-3-19-13-10(15)6-9(16)7-11(13)17-14(18)12-5-4-8(2)20-12/h4-7H,3H2,1-2H3,(H,17,18). The maximum Gasteiger partial charge on any atom is 0.291 e. The van der Waals surface area contributed by atoms with E-state index < -0.39 is 0 Å². The topological polar surface area (TPSA) is 51.5 Å². The van der Waals surface area contributed by atoms with Crippen LogP contribution in [-0.2, 0) is 0 Å². The third kappa shape index (κ3) is 3.35. The lowest BCUT2D eigenvalue weighted by atomic mass is 10.2. The van der Waals surface area contributed by atoms with Crippen LogP contribution in [0.2, 0.25) is 5.02 Å². The van der Waals surface area contributed by atoms with Gasteiger partial charge in [0.05, 0.1) is 16.8 Å². The number of benzene rings is 1. The van der Waals surface area contributed by atoms with E-state index in [1.807, 2.05) is 6.92 Å². The molecule has 2 aromatic rings. The molecule has 0 aliphatic heterocycles. The van der Waals surface area contributed by atoms with Crippen molar-refractivity contribution in [1.29, 1.82) is 0 Å². The lowest BCUT2D eigenvalue weighted by molar-refractivity contribution is 0.0995. The van der Waals surface area contributed by atoms with E-state index in [2.05, 4.69) is 21.2 Å². The zero-order chi connectivity index (χ0) is 14.7. The number of amides is 1. The average Bonchev–Trinajstić information content (AvgIpc) is 2.80. The summed E-state index contributed by atoms with van der Waals surface area (Å²) in [6.45, 7) is 4.11. The highest BCUT2D eigenvalue weighted by Crippen LogP contribution is 2.36. The lowest BCUT2D eigenvalue weighted by Gasteiger charge is -2.13. The molecule has 6 heteroatoms. The Morgan fingerprint density at radius 3 is 2.80 bits per heavy atom. The van der Waals surface area contributed by atoms with Gasteiger partial charge in [0, 0.05) is 5.02 Å². The fourth-order valence-corrected chi connectivity index (χ4v) is 2.61. The molecule has 0 saturated carbocycles. The van der Waals surface area contributed by atoms with E-state index in [4.69, 9.17) is 20.8 Å². The Hall–Kier alpha value is -1.46. The first kappa shape index (κ1) is 14.9. The summed E-state index contributed by atoms with van der Waals surface area (Å²) in [5.41, 5.74) is 0.491. The Morgan fingerprint density at radius 1 is 1.45 bits per heavy atom. The van der Waals surface area contributed by atoms with Crippen LogP contribution in [0.5, 0.6) is 5.75 Å². The second-order valence-corrected chi connectivity index (χ2v) is 5.35. The van der Waals surface area contributed by atoms with Crippen LogP contribution in [-0.4, -0.2) is 12.5 Å². The van der Waals surface area contributed by atoms with Crippen LogP contribution in [0.1, 0.15) is 23.2 Å². The zero-order valence-electron chi connectivity index (χ0n) is 11.0. The SMILES string of the molecule is CCOc1c(Br)cc(Cl)cc1NC(=O)c1ccc(C)o1. The molecule has 1 aromatic heterocycles. The van der Waals surface area contributed by atoms with Gasteiger partial charge in [-0.25, -0.2) is 0 Å². The van der Waals surface area contributed by atoms with Crippen LogP contribution < -0.4 is 10.1 Å². The summed E-state index contributed by atoms with van der Waals surface area (Å²) >= 11 is 9.36. The fraction of sp³-hybridized carbons (Fsp3) is 0.214. The molecule has 0 spiro atoms. The molecule has 0 saturated heterocycles. The maximum atomic E-state index is 12.1. The predicted octanol–water partition coefficient (Wildman–Crippen LogP) is 4.65. The van der Waals surface area contributed by atoms with Gasteiger partial charge < -0.3 is 14.5 Å². The van der Waals surface area contributed by atoms with E-state index in [1.165, 1.54) is 0 Å². The Balaban J connectivity index is 2.30. The third-order valence-electron chi connectivity index (χ3n) is 2.51. The highest BCUT2D eigenvalue weighted by molar-refractivity contribution is 9.10. The van der Waals surface area contributed by atoms with Gasteiger partial charge in [-0.05, 0) is 54.0 Å². The second-order valence-electron chi connectivity index (χ2n) is 4.06. The second kappa shape index (κ2) is 6.33. The number of halogens is 2. The molecule has 1 N–H and O–H groups in total. The van der Waals surface area contributed by atoms with Gasteiger partial charge in [-0.2, -0.15) is 0 Å². The Kier molecular flexibility index (Phi) is 4.73. The number of aryl methyl sites for hydroxylation is 1. The predicted molar refractivity (Wildman–Crippen MR) is 81.7 cm³/mol. The molecular formula is C14H13BrClNO3. The minimum atomic E-state index is -0.354. The summed E-state index contributed by atoms with van der Waals surface area (Å²) in [6.07, 6.45) is 0. The number of rotatable bonds is 4. The number of nitrogens with one attached hydrogen (secondary N) is 1. The average molecular weight is 359 g/mol. The Labute approximate surface area is 130 Å². The summed E-state index contributed by atoms with van der Waals surface area (Å²) in [7, 11) is 0. The molecule has 2 rings (SSSR count). The smallest absolute Gasteiger partial charge is 0.291 e. The third-order valence-corrected chi connectivity index (χ3v) is 3.32. The van der Waals surface area contributed by atoms with Gasteiger partial charge in [0.1, 0.15) is 5.76 Å². The molecule has 0 atom stereocenters. The van der Waals surface area contributed by atoms with Gasteiger partial charge >= 0.3 is 0 Å². The first-order valence-corrected chi connectivity index (χ1v) is 7.18. The molecule has 1 amide bonds. The van der Waals surface area contributed by atoms with Crippen molar-refractivity contribution in [3.05, 3.63) is 45.3 Å². The molecule has 20 heavy (non-hydrogen) atoms. The van der Waals surface area contributed by atoms with Crippen molar-refractivity contribution in [1.82, 2.24) is 0 Å². The summed E-state index contributed by atoms with van der Waals surface area (Å²) in [5, 5.41) is 3.23. The largest absolute Gasteiger partial charge is 0.491 e. The molecule has 1 heterocycles. The van der Waals surface area contributed by atoms with E-state index in [-0.39, 0.29) is 11.7 Å². The molecule has 0 fully saturated rings. The Morgan fingerprint density at radius 2 is 2.20 bits per heavy atom. The zero-order valence-corrected chi connectivity index (χ0v) is 13.3. The number of carbonyl (C=O) groups is 1. The summed E-state index contributed by atoms with van der Waals surface area (Å²) in [4.78, 5) is 12.1. The molecule has 0 bridgehead atoms. The van der Waals surface area contributed by atoms with Crippen LogP contribution in [0.4, 0.5) is 5.69 Å². The molecule has 0 unspecified atom stereocenters. The molecular weight excluding hydrogens is 346 g/mol.